The van der Waals surface area contributed by atoms with Gasteiger partial charge in [-0.05, 0) is 43.7 Å². The van der Waals surface area contributed by atoms with Crippen LogP contribution >= 0.6 is 0 Å². The van der Waals surface area contributed by atoms with Crippen LogP contribution in [0.3, 0.4) is 0 Å². The highest BCUT2D eigenvalue weighted by Crippen LogP contribution is 2.28. The summed E-state index contributed by atoms with van der Waals surface area (Å²) in [6, 6.07) is 3.45. The van der Waals surface area contributed by atoms with Crippen molar-refractivity contribution < 1.29 is 23.7 Å². The molecule has 7 heteroatoms. The van der Waals surface area contributed by atoms with Crippen LogP contribution < -0.4 is 4.90 Å². The lowest BCUT2D eigenvalue weighted by Gasteiger charge is -2.38. The van der Waals surface area contributed by atoms with Crippen molar-refractivity contribution in [3.63, 3.8) is 0 Å². The van der Waals surface area contributed by atoms with Gasteiger partial charge < -0.3 is 19.8 Å². The number of anilines is 1. The van der Waals surface area contributed by atoms with Gasteiger partial charge in [0.1, 0.15) is 5.69 Å². The number of nitrogens with zero attached hydrogens (tertiary/aromatic N) is 2. The van der Waals surface area contributed by atoms with E-state index in [4.69, 9.17) is 9.84 Å². The van der Waals surface area contributed by atoms with Crippen molar-refractivity contribution in [2.75, 3.05) is 18.0 Å². The smallest absolute Gasteiger partial charge is 0.393 e. The number of hydrogen-bond donors (Lipinski definition) is 2. The number of halogens is 2. The molecule has 28 heavy (non-hydrogen) atoms. The van der Waals surface area contributed by atoms with Gasteiger partial charge in [0.25, 0.3) is 0 Å². The third kappa shape index (κ3) is 8.09. The summed E-state index contributed by atoms with van der Waals surface area (Å²) in [7, 11) is 0. The molecular formula is C21H32F2N2O3. The van der Waals surface area contributed by atoms with Crippen LogP contribution in [0.15, 0.2) is 18.3 Å². The van der Waals surface area contributed by atoms with Crippen LogP contribution in [0.25, 0.3) is 0 Å². The standard InChI is InChI=1S/C17H20F2N2O3.2C2H6/c18-17(19,23)5-1-12-9-13(2-6-20-12)21-7-3-15(4-8-21)24-16-10-14(22)11-16;2*1-2/h2,6,9,14-16,22-23H,3-4,7-8,10-11H2;2*1-2H3. The molecular weight excluding hydrogens is 366 g/mol. The Hall–Kier alpha value is -1.75. The maximum atomic E-state index is 12.4. The molecule has 5 nitrogen and oxygen atoms in total. The fourth-order valence-electron chi connectivity index (χ4n) is 2.99. The van der Waals surface area contributed by atoms with Gasteiger partial charge in [-0.3, -0.25) is 0 Å². The molecule has 0 amide bonds. The molecule has 1 aliphatic heterocycles. The summed E-state index contributed by atoms with van der Waals surface area (Å²) in [4.78, 5) is 6.06. The van der Waals surface area contributed by atoms with Crippen LogP contribution in [0.4, 0.5) is 14.5 Å². The zero-order chi connectivity index (χ0) is 21.2. The third-order valence-electron chi connectivity index (χ3n) is 4.35. The number of alkyl halides is 2. The Kier molecular flexibility index (Phi) is 10.4. The maximum absolute atomic E-state index is 12.4. The first-order valence-electron chi connectivity index (χ1n) is 10.1. The van der Waals surface area contributed by atoms with E-state index in [0.717, 1.165) is 44.5 Å². The third-order valence-corrected chi connectivity index (χ3v) is 4.35. The molecule has 0 unspecified atom stereocenters. The van der Waals surface area contributed by atoms with Gasteiger partial charge in [-0.25, -0.2) is 4.98 Å². The van der Waals surface area contributed by atoms with Crippen LogP contribution in [0.2, 0.25) is 0 Å². The molecule has 0 spiro atoms. The molecule has 1 aromatic heterocycles. The predicted octanol–water partition coefficient (Wildman–Crippen LogP) is 3.58. The first kappa shape index (κ1) is 24.3. The van der Waals surface area contributed by atoms with Gasteiger partial charge in [-0.2, -0.15) is 8.78 Å². The van der Waals surface area contributed by atoms with E-state index in [2.05, 4.69) is 15.8 Å². The average molecular weight is 398 g/mol. The molecule has 2 aliphatic rings. The van der Waals surface area contributed by atoms with Crippen LogP contribution in [-0.2, 0) is 4.74 Å². The minimum absolute atomic E-state index is 0.180. The fourth-order valence-corrected chi connectivity index (χ4v) is 2.99. The molecule has 1 aliphatic carbocycles. The van der Waals surface area contributed by atoms with Gasteiger partial charge >= 0.3 is 6.11 Å². The largest absolute Gasteiger partial charge is 0.421 e. The normalized spacial score (nSPS) is 21.8. The van der Waals surface area contributed by atoms with Crippen molar-refractivity contribution in [2.45, 2.75) is 77.8 Å². The maximum Gasteiger partial charge on any atom is 0.421 e. The van der Waals surface area contributed by atoms with E-state index in [9.17, 15) is 13.9 Å². The van der Waals surface area contributed by atoms with Crippen LogP contribution in [0.5, 0.6) is 0 Å². The Morgan fingerprint density at radius 1 is 1.14 bits per heavy atom. The molecule has 1 saturated heterocycles. The van der Waals surface area contributed by atoms with Crippen molar-refractivity contribution in [3.05, 3.63) is 24.0 Å². The monoisotopic (exact) mass is 398 g/mol. The van der Waals surface area contributed by atoms with Gasteiger partial charge in [0.15, 0.2) is 0 Å². The number of aliphatic hydroxyl groups excluding tert-OH is 1. The number of hydrogen-bond acceptors (Lipinski definition) is 5. The second-order valence-corrected chi connectivity index (χ2v) is 6.26. The Bertz CT molecular complexity index is 627. The minimum Gasteiger partial charge on any atom is -0.393 e. The number of piperidine rings is 1. The average Bonchev–Trinajstić information content (AvgIpc) is 2.69. The van der Waals surface area contributed by atoms with E-state index in [-0.39, 0.29) is 24.0 Å². The Morgan fingerprint density at radius 2 is 1.75 bits per heavy atom. The summed E-state index contributed by atoms with van der Waals surface area (Å²) in [5, 5.41) is 17.7. The second kappa shape index (κ2) is 11.9. The van der Waals surface area contributed by atoms with Crippen molar-refractivity contribution in [3.8, 4) is 11.8 Å². The summed E-state index contributed by atoms with van der Waals surface area (Å²) >= 11 is 0. The topological polar surface area (TPSA) is 65.8 Å². The number of aromatic nitrogens is 1. The molecule has 1 saturated carbocycles. The Balaban J connectivity index is 0.000000921. The van der Waals surface area contributed by atoms with E-state index < -0.39 is 6.11 Å². The zero-order valence-electron chi connectivity index (χ0n) is 17.2. The Morgan fingerprint density at radius 3 is 2.29 bits per heavy atom. The van der Waals surface area contributed by atoms with Crippen molar-refractivity contribution in [2.24, 2.45) is 0 Å². The predicted molar refractivity (Wildman–Crippen MR) is 106 cm³/mol. The van der Waals surface area contributed by atoms with E-state index in [1.54, 1.807) is 6.07 Å². The summed E-state index contributed by atoms with van der Waals surface area (Å²) in [6.07, 6.45) is 0.889. The zero-order valence-corrected chi connectivity index (χ0v) is 17.2. The summed E-state index contributed by atoms with van der Waals surface area (Å²) in [6.45, 7) is 9.60. The Labute approximate surface area is 166 Å². The molecule has 0 atom stereocenters. The fraction of sp³-hybridized carbons (Fsp3) is 0.667. The van der Waals surface area contributed by atoms with E-state index >= 15 is 0 Å². The van der Waals surface area contributed by atoms with Crippen LogP contribution in [0.1, 0.15) is 59.1 Å². The summed E-state index contributed by atoms with van der Waals surface area (Å²) in [5.41, 5.74) is 1.07. The molecule has 0 bridgehead atoms. The molecule has 2 N–H and O–H groups in total. The van der Waals surface area contributed by atoms with Crippen molar-refractivity contribution in [1.29, 1.82) is 0 Å². The quantitative estimate of drug-likeness (QED) is 0.762. The lowest BCUT2D eigenvalue weighted by molar-refractivity contribution is -0.145. The highest BCUT2D eigenvalue weighted by Gasteiger charge is 2.31. The van der Waals surface area contributed by atoms with Crippen molar-refractivity contribution >= 4 is 5.69 Å². The lowest BCUT2D eigenvalue weighted by atomic mass is 9.91. The summed E-state index contributed by atoms with van der Waals surface area (Å²) < 4.78 is 30.7. The SMILES string of the molecule is CC.CC.OC1CC(OC2CCN(c3ccnc(C#CC(O)(F)F)c3)CC2)C1. The van der Waals surface area contributed by atoms with Gasteiger partial charge in [-0.15, -0.1) is 0 Å². The first-order valence-corrected chi connectivity index (χ1v) is 10.1. The first-order chi connectivity index (χ1) is 13.4. The molecule has 2 fully saturated rings. The van der Waals surface area contributed by atoms with E-state index in [1.807, 2.05) is 33.8 Å². The molecule has 1 aromatic rings. The lowest BCUT2D eigenvalue weighted by Crippen LogP contribution is -2.42. The van der Waals surface area contributed by atoms with Gasteiger partial charge in [-0.1, -0.05) is 27.7 Å². The highest BCUT2D eigenvalue weighted by atomic mass is 19.3. The molecule has 0 aromatic carbocycles. The van der Waals surface area contributed by atoms with Gasteiger partial charge in [0.2, 0.25) is 0 Å². The molecule has 158 valence electrons. The molecule has 3 rings (SSSR count). The van der Waals surface area contributed by atoms with Crippen LogP contribution in [-0.4, -0.2) is 52.7 Å². The minimum atomic E-state index is -4.01. The van der Waals surface area contributed by atoms with Crippen molar-refractivity contribution in [1.82, 2.24) is 4.98 Å². The number of rotatable bonds is 3. The van der Waals surface area contributed by atoms with Crippen LogP contribution in [0, 0.1) is 11.8 Å². The van der Waals surface area contributed by atoms with Gasteiger partial charge in [0.05, 0.1) is 18.3 Å². The number of ether oxygens (including phenoxy) is 1. The highest BCUT2D eigenvalue weighted by molar-refractivity contribution is 5.50. The molecule has 0 radical (unpaired) electrons. The second-order valence-electron chi connectivity index (χ2n) is 6.26. The summed E-state index contributed by atoms with van der Waals surface area (Å²) in [5.74, 6) is 3.65. The van der Waals surface area contributed by atoms with Gasteiger partial charge in [0, 0.05) is 30.9 Å². The number of pyridine rings is 1. The number of aliphatic hydroxyl groups is 2. The molecule has 2 heterocycles. The van der Waals surface area contributed by atoms with E-state index in [0.29, 0.717) is 0 Å². The van der Waals surface area contributed by atoms with E-state index in [1.165, 1.54) is 12.1 Å².